The van der Waals surface area contributed by atoms with E-state index in [0.717, 1.165) is 24.0 Å². The van der Waals surface area contributed by atoms with Gasteiger partial charge in [0.2, 0.25) is 0 Å². The molecule has 2 heterocycles. The molecule has 0 aromatic heterocycles. The highest BCUT2D eigenvalue weighted by atomic mass is 16.8. The average molecular weight is 282 g/mol. The molecular weight excluding hydrogens is 264 g/mol. The van der Waals surface area contributed by atoms with Crippen LogP contribution in [0, 0.1) is 0 Å². The molecule has 0 amide bonds. The maximum atomic E-state index is 6.14. The molecule has 0 aliphatic carbocycles. The molecule has 3 heteroatoms. The van der Waals surface area contributed by atoms with E-state index < -0.39 is 0 Å². The van der Waals surface area contributed by atoms with Crippen LogP contribution in [-0.4, -0.2) is 13.2 Å². The molecule has 0 saturated heterocycles. The predicted octanol–water partition coefficient (Wildman–Crippen LogP) is 3.55. The second kappa shape index (κ2) is 5.60. The van der Waals surface area contributed by atoms with Gasteiger partial charge in [-0.05, 0) is 24.0 Å². The number of hydrogen-bond donors (Lipinski definition) is 0. The monoisotopic (exact) mass is 282 g/mol. The van der Waals surface area contributed by atoms with Crippen molar-refractivity contribution < 1.29 is 14.2 Å². The normalized spacial score (nSPS) is 24.2. The van der Waals surface area contributed by atoms with Crippen LogP contribution in [0.3, 0.4) is 0 Å². The number of rotatable bonds is 2. The Morgan fingerprint density at radius 1 is 0.714 bits per heavy atom. The maximum absolute atomic E-state index is 6.14. The number of hydrogen-bond acceptors (Lipinski definition) is 3. The Morgan fingerprint density at radius 3 is 1.71 bits per heavy atom. The third-order valence-electron chi connectivity index (χ3n) is 4.15. The highest BCUT2D eigenvalue weighted by Crippen LogP contribution is 2.36. The zero-order valence-corrected chi connectivity index (χ0v) is 11.8. The van der Waals surface area contributed by atoms with Gasteiger partial charge >= 0.3 is 0 Å². The minimum absolute atomic E-state index is 0.342. The van der Waals surface area contributed by atoms with E-state index in [1.165, 1.54) is 11.1 Å². The molecule has 0 saturated carbocycles. The molecule has 0 fully saturated rings. The summed E-state index contributed by atoms with van der Waals surface area (Å²) in [6.07, 6.45) is 1.20. The van der Waals surface area contributed by atoms with Gasteiger partial charge in [-0.25, -0.2) is 0 Å². The summed E-state index contributed by atoms with van der Waals surface area (Å²) in [6.45, 7) is 1.38. The lowest BCUT2D eigenvalue weighted by atomic mass is 10.0. The molecule has 0 bridgehead atoms. The van der Waals surface area contributed by atoms with Crippen LogP contribution in [0.15, 0.2) is 48.5 Å². The second-order valence-electron chi connectivity index (χ2n) is 5.44. The van der Waals surface area contributed by atoms with E-state index in [0.29, 0.717) is 13.2 Å². The van der Waals surface area contributed by atoms with Crippen LogP contribution in [-0.2, 0) is 27.1 Å². The van der Waals surface area contributed by atoms with Gasteiger partial charge in [0, 0.05) is 11.1 Å². The Hall–Kier alpha value is -1.68. The molecule has 2 unspecified atom stereocenters. The molecule has 2 aromatic rings. The van der Waals surface area contributed by atoms with E-state index in [2.05, 4.69) is 36.4 Å². The van der Waals surface area contributed by atoms with Crippen LogP contribution in [0.5, 0.6) is 0 Å². The average Bonchev–Trinajstić information content (AvgIpc) is 2.56. The topological polar surface area (TPSA) is 27.7 Å². The Labute approximate surface area is 124 Å². The Kier molecular flexibility index (Phi) is 3.47. The summed E-state index contributed by atoms with van der Waals surface area (Å²) in [6, 6.07) is 16.6. The summed E-state index contributed by atoms with van der Waals surface area (Å²) in [5.74, 6) is 0. The zero-order valence-electron chi connectivity index (χ0n) is 11.8. The van der Waals surface area contributed by atoms with Crippen molar-refractivity contribution in [3.05, 3.63) is 70.8 Å². The minimum atomic E-state index is -0.342. The summed E-state index contributed by atoms with van der Waals surface area (Å²) >= 11 is 0. The molecule has 21 heavy (non-hydrogen) atoms. The first-order valence-corrected chi connectivity index (χ1v) is 7.46. The summed E-state index contributed by atoms with van der Waals surface area (Å²) in [4.78, 5) is 0. The van der Waals surface area contributed by atoms with E-state index in [1.807, 2.05) is 12.1 Å². The minimum Gasteiger partial charge on any atom is -0.348 e. The van der Waals surface area contributed by atoms with Gasteiger partial charge < -0.3 is 14.2 Å². The smallest absolute Gasteiger partial charge is 0.187 e. The van der Waals surface area contributed by atoms with Crippen molar-refractivity contribution in [1.29, 1.82) is 0 Å². The van der Waals surface area contributed by atoms with Crippen LogP contribution in [0.2, 0.25) is 0 Å². The van der Waals surface area contributed by atoms with Crippen LogP contribution in [0.4, 0.5) is 0 Å². The van der Waals surface area contributed by atoms with E-state index >= 15 is 0 Å². The first kappa shape index (κ1) is 13.0. The zero-order chi connectivity index (χ0) is 14.1. The molecule has 3 nitrogen and oxygen atoms in total. The fourth-order valence-corrected chi connectivity index (χ4v) is 3.05. The van der Waals surface area contributed by atoms with Crippen LogP contribution < -0.4 is 0 Å². The van der Waals surface area contributed by atoms with E-state index in [1.54, 1.807) is 0 Å². The Bertz CT molecular complexity index is 582. The molecule has 2 aliphatic rings. The van der Waals surface area contributed by atoms with Gasteiger partial charge in [-0.3, -0.25) is 0 Å². The molecule has 0 radical (unpaired) electrons. The van der Waals surface area contributed by atoms with Crippen molar-refractivity contribution in [2.45, 2.75) is 25.4 Å². The summed E-state index contributed by atoms with van der Waals surface area (Å²) in [5.41, 5.74) is 4.85. The van der Waals surface area contributed by atoms with Gasteiger partial charge in [0.1, 0.15) is 0 Å². The van der Waals surface area contributed by atoms with E-state index in [4.69, 9.17) is 14.2 Å². The molecule has 0 N–H and O–H groups in total. The number of fused-ring (bicyclic) bond motifs is 2. The number of ether oxygens (including phenoxy) is 3. The standard InChI is InChI=1S/C18H18O3/c1-3-7-15-13(5-1)9-11-19-17(15)21-18-16-8-4-2-6-14(16)10-12-20-18/h1-8,17-18H,9-12H2. The van der Waals surface area contributed by atoms with E-state index in [-0.39, 0.29) is 12.6 Å². The van der Waals surface area contributed by atoms with E-state index in [9.17, 15) is 0 Å². The van der Waals surface area contributed by atoms with Crippen molar-refractivity contribution in [2.75, 3.05) is 13.2 Å². The third kappa shape index (κ3) is 2.48. The van der Waals surface area contributed by atoms with Crippen molar-refractivity contribution >= 4 is 0 Å². The van der Waals surface area contributed by atoms with Gasteiger partial charge in [0.15, 0.2) is 12.6 Å². The SMILES string of the molecule is c1ccc2c(c1)CCOC2OC1OCCc2ccccc21. The fraction of sp³-hybridized carbons (Fsp3) is 0.333. The summed E-state index contributed by atoms with van der Waals surface area (Å²) in [5, 5.41) is 0. The Balaban J connectivity index is 1.61. The highest BCUT2D eigenvalue weighted by Gasteiger charge is 2.28. The summed E-state index contributed by atoms with van der Waals surface area (Å²) in [7, 11) is 0. The predicted molar refractivity (Wildman–Crippen MR) is 78.8 cm³/mol. The van der Waals surface area contributed by atoms with Gasteiger partial charge in [-0.2, -0.15) is 0 Å². The number of benzene rings is 2. The van der Waals surface area contributed by atoms with Crippen LogP contribution in [0.25, 0.3) is 0 Å². The summed E-state index contributed by atoms with van der Waals surface area (Å²) < 4.78 is 17.8. The molecule has 0 spiro atoms. The van der Waals surface area contributed by atoms with Crippen molar-refractivity contribution in [2.24, 2.45) is 0 Å². The molecule has 2 aliphatic heterocycles. The highest BCUT2D eigenvalue weighted by molar-refractivity contribution is 5.31. The van der Waals surface area contributed by atoms with Crippen LogP contribution in [0.1, 0.15) is 34.8 Å². The fourth-order valence-electron chi connectivity index (χ4n) is 3.05. The van der Waals surface area contributed by atoms with Crippen molar-refractivity contribution in [3.63, 3.8) is 0 Å². The van der Waals surface area contributed by atoms with Gasteiger partial charge in [-0.1, -0.05) is 48.5 Å². The van der Waals surface area contributed by atoms with Gasteiger partial charge in [-0.15, -0.1) is 0 Å². The first-order chi connectivity index (χ1) is 10.4. The second-order valence-corrected chi connectivity index (χ2v) is 5.44. The Morgan fingerprint density at radius 2 is 1.19 bits per heavy atom. The van der Waals surface area contributed by atoms with Gasteiger partial charge in [0.05, 0.1) is 13.2 Å². The van der Waals surface area contributed by atoms with Crippen molar-refractivity contribution in [1.82, 2.24) is 0 Å². The third-order valence-corrected chi connectivity index (χ3v) is 4.15. The molecule has 2 atom stereocenters. The molecule has 2 aromatic carbocycles. The largest absolute Gasteiger partial charge is 0.348 e. The molecular formula is C18H18O3. The lowest BCUT2D eigenvalue weighted by molar-refractivity contribution is -0.260. The lowest BCUT2D eigenvalue weighted by Gasteiger charge is -2.32. The molecule has 108 valence electrons. The molecule has 4 rings (SSSR count). The van der Waals surface area contributed by atoms with Crippen molar-refractivity contribution in [3.8, 4) is 0 Å². The first-order valence-electron chi connectivity index (χ1n) is 7.46. The van der Waals surface area contributed by atoms with Gasteiger partial charge in [0.25, 0.3) is 0 Å². The lowest BCUT2D eigenvalue weighted by Crippen LogP contribution is -2.25. The van der Waals surface area contributed by atoms with Crippen LogP contribution >= 0.6 is 0 Å². The maximum Gasteiger partial charge on any atom is 0.187 e. The quantitative estimate of drug-likeness (QED) is 0.843.